The maximum absolute atomic E-state index is 12.6. The van der Waals surface area contributed by atoms with Crippen LogP contribution >= 0.6 is 0 Å². The lowest BCUT2D eigenvalue weighted by molar-refractivity contribution is -0.145. The Hall–Kier alpha value is -3.39. The van der Waals surface area contributed by atoms with E-state index in [9.17, 15) is 19.5 Å². The van der Waals surface area contributed by atoms with Crippen LogP contribution < -0.4 is 10.6 Å². The van der Waals surface area contributed by atoms with Crippen LogP contribution in [0.25, 0.3) is 0 Å². The van der Waals surface area contributed by atoms with E-state index in [4.69, 9.17) is 9.47 Å². The van der Waals surface area contributed by atoms with Gasteiger partial charge in [0.15, 0.2) is 0 Å². The molecule has 0 aliphatic rings. The number of esters is 1. The van der Waals surface area contributed by atoms with Crippen LogP contribution in [0.5, 0.6) is 0 Å². The third-order valence-corrected chi connectivity index (χ3v) is 4.86. The van der Waals surface area contributed by atoms with Gasteiger partial charge in [0.2, 0.25) is 5.91 Å². The van der Waals surface area contributed by atoms with Crippen LogP contribution in [-0.4, -0.2) is 48.9 Å². The highest BCUT2D eigenvalue weighted by atomic mass is 16.5. The zero-order valence-corrected chi connectivity index (χ0v) is 17.9. The van der Waals surface area contributed by atoms with Gasteiger partial charge in [-0.05, 0) is 36.1 Å². The molecule has 2 rings (SSSR count). The van der Waals surface area contributed by atoms with Crippen molar-refractivity contribution in [2.75, 3.05) is 13.7 Å². The van der Waals surface area contributed by atoms with Crippen molar-refractivity contribution in [2.45, 2.75) is 39.0 Å². The van der Waals surface area contributed by atoms with Crippen LogP contribution in [0, 0.1) is 13.8 Å². The lowest BCUT2D eigenvalue weighted by atomic mass is 9.96. The summed E-state index contributed by atoms with van der Waals surface area (Å²) in [4.78, 5) is 36.9. The summed E-state index contributed by atoms with van der Waals surface area (Å²) in [5, 5.41) is 14.4. The standard InChI is InChI=1S/C23H28N2O6/c1-15-8-7-9-16(2)18(15)12-19(22(28)30-3)24-21(27)20(13-26)25-23(29)31-14-17-10-5-4-6-11-17/h4-11,19-20,26H,12-14H2,1-3H3,(H,24,27)(H,25,29)/t19-,20+/m1/s1. The second kappa shape index (κ2) is 11.7. The minimum Gasteiger partial charge on any atom is -0.467 e. The highest BCUT2D eigenvalue weighted by molar-refractivity contribution is 5.89. The van der Waals surface area contributed by atoms with Crippen molar-refractivity contribution >= 4 is 18.0 Å². The van der Waals surface area contributed by atoms with Gasteiger partial charge in [-0.3, -0.25) is 4.79 Å². The number of aliphatic hydroxyl groups excluding tert-OH is 1. The monoisotopic (exact) mass is 428 g/mol. The van der Waals surface area contributed by atoms with E-state index in [1.807, 2.05) is 50.2 Å². The second-order valence-corrected chi connectivity index (χ2v) is 7.10. The van der Waals surface area contributed by atoms with Crippen molar-refractivity contribution in [1.29, 1.82) is 0 Å². The molecule has 2 amide bonds. The number of alkyl carbamates (subject to hydrolysis) is 1. The zero-order chi connectivity index (χ0) is 22.8. The number of rotatable bonds is 9. The Labute approximate surface area is 181 Å². The normalized spacial score (nSPS) is 12.4. The van der Waals surface area contributed by atoms with Gasteiger partial charge in [-0.1, -0.05) is 48.5 Å². The number of aliphatic hydroxyl groups is 1. The van der Waals surface area contributed by atoms with Gasteiger partial charge in [0, 0.05) is 6.42 Å². The number of carbonyl (C=O) groups is 3. The molecule has 31 heavy (non-hydrogen) atoms. The van der Waals surface area contributed by atoms with Crippen molar-refractivity contribution in [2.24, 2.45) is 0 Å². The Morgan fingerprint density at radius 2 is 1.58 bits per heavy atom. The molecule has 2 atom stereocenters. The van der Waals surface area contributed by atoms with Crippen LogP contribution in [0.15, 0.2) is 48.5 Å². The summed E-state index contributed by atoms with van der Waals surface area (Å²) in [5.74, 6) is -1.35. The molecule has 8 nitrogen and oxygen atoms in total. The average molecular weight is 428 g/mol. The highest BCUT2D eigenvalue weighted by Gasteiger charge is 2.28. The lowest BCUT2D eigenvalue weighted by Gasteiger charge is -2.22. The van der Waals surface area contributed by atoms with Gasteiger partial charge in [-0.2, -0.15) is 0 Å². The van der Waals surface area contributed by atoms with Gasteiger partial charge in [0.05, 0.1) is 13.7 Å². The third kappa shape index (κ3) is 7.11. The molecule has 0 unspecified atom stereocenters. The Morgan fingerprint density at radius 3 is 2.16 bits per heavy atom. The molecule has 2 aromatic rings. The second-order valence-electron chi connectivity index (χ2n) is 7.10. The van der Waals surface area contributed by atoms with E-state index in [-0.39, 0.29) is 13.0 Å². The predicted molar refractivity (Wildman–Crippen MR) is 114 cm³/mol. The molecule has 0 saturated carbocycles. The van der Waals surface area contributed by atoms with E-state index in [0.29, 0.717) is 0 Å². The van der Waals surface area contributed by atoms with E-state index < -0.39 is 36.7 Å². The maximum atomic E-state index is 12.6. The quantitative estimate of drug-likeness (QED) is 0.525. The van der Waals surface area contributed by atoms with Gasteiger partial charge in [-0.25, -0.2) is 9.59 Å². The number of ether oxygens (including phenoxy) is 2. The predicted octanol–water partition coefficient (Wildman–Crippen LogP) is 1.79. The summed E-state index contributed by atoms with van der Waals surface area (Å²) < 4.78 is 9.90. The van der Waals surface area contributed by atoms with E-state index in [1.54, 1.807) is 12.1 Å². The first-order chi connectivity index (χ1) is 14.8. The number of benzene rings is 2. The van der Waals surface area contributed by atoms with Crippen molar-refractivity contribution < 1.29 is 29.0 Å². The maximum Gasteiger partial charge on any atom is 0.408 e. The Kier molecular flexibility index (Phi) is 9.02. The molecule has 0 spiro atoms. The van der Waals surface area contributed by atoms with Gasteiger partial charge in [0.1, 0.15) is 18.7 Å². The lowest BCUT2D eigenvalue weighted by Crippen LogP contribution is -2.54. The fraction of sp³-hybridized carbons (Fsp3) is 0.348. The molecule has 0 aliphatic heterocycles. The third-order valence-electron chi connectivity index (χ3n) is 4.86. The van der Waals surface area contributed by atoms with Crippen molar-refractivity contribution in [1.82, 2.24) is 10.6 Å². The molecule has 166 valence electrons. The molecular weight excluding hydrogens is 400 g/mol. The molecule has 3 N–H and O–H groups in total. The van der Waals surface area contributed by atoms with E-state index in [2.05, 4.69) is 10.6 Å². The average Bonchev–Trinajstić information content (AvgIpc) is 2.77. The number of amides is 2. The van der Waals surface area contributed by atoms with Crippen LogP contribution in [0.1, 0.15) is 22.3 Å². The summed E-state index contributed by atoms with van der Waals surface area (Å²) in [7, 11) is 1.23. The molecule has 0 saturated heterocycles. The van der Waals surface area contributed by atoms with Crippen LogP contribution in [-0.2, 0) is 32.1 Å². The van der Waals surface area contributed by atoms with Crippen molar-refractivity contribution in [3.05, 3.63) is 70.8 Å². The first-order valence-electron chi connectivity index (χ1n) is 9.87. The summed E-state index contributed by atoms with van der Waals surface area (Å²) in [6, 6.07) is 12.5. The fourth-order valence-electron chi connectivity index (χ4n) is 3.08. The summed E-state index contributed by atoms with van der Waals surface area (Å²) in [6.45, 7) is 3.19. The zero-order valence-electron chi connectivity index (χ0n) is 17.9. The summed E-state index contributed by atoms with van der Waals surface area (Å²) in [6.07, 6.45) is -0.643. The van der Waals surface area contributed by atoms with Gasteiger partial charge in [0.25, 0.3) is 0 Å². The molecule has 0 fully saturated rings. The van der Waals surface area contributed by atoms with Gasteiger partial charge >= 0.3 is 12.1 Å². The van der Waals surface area contributed by atoms with Crippen molar-refractivity contribution in [3.8, 4) is 0 Å². The van der Waals surface area contributed by atoms with Crippen molar-refractivity contribution in [3.63, 3.8) is 0 Å². The van der Waals surface area contributed by atoms with Gasteiger partial charge < -0.3 is 25.2 Å². The number of methoxy groups -OCH3 is 1. The number of carbonyl (C=O) groups excluding carboxylic acids is 3. The van der Waals surface area contributed by atoms with E-state index in [0.717, 1.165) is 22.3 Å². The van der Waals surface area contributed by atoms with Gasteiger partial charge in [-0.15, -0.1) is 0 Å². The number of nitrogens with one attached hydrogen (secondary N) is 2. The molecule has 8 heteroatoms. The van der Waals surface area contributed by atoms with E-state index >= 15 is 0 Å². The molecule has 0 aliphatic carbocycles. The molecule has 0 bridgehead atoms. The Balaban J connectivity index is 2.01. The number of aryl methyl sites for hydroxylation is 2. The summed E-state index contributed by atoms with van der Waals surface area (Å²) >= 11 is 0. The molecular formula is C23H28N2O6. The van der Waals surface area contributed by atoms with Crippen LogP contribution in [0.4, 0.5) is 4.79 Å². The minimum atomic E-state index is -1.28. The SMILES string of the molecule is COC(=O)[C@@H](Cc1c(C)cccc1C)NC(=O)[C@H](CO)NC(=O)OCc1ccccc1. The number of hydrogen-bond acceptors (Lipinski definition) is 6. The fourth-order valence-corrected chi connectivity index (χ4v) is 3.08. The Bertz CT molecular complexity index is 880. The summed E-state index contributed by atoms with van der Waals surface area (Å²) in [5.41, 5.74) is 3.64. The molecule has 0 aromatic heterocycles. The Morgan fingerprint density at radius 1 is 0.935 bits per heavy atom. The van der Waals surface area contributed by atoms with Crippen LogP contribution in [0.3, 0.4) is 0 Å². The highest BCUT2D eigenvalue weighted by Crippen LogP contribution is 2.16. The first kappa shape index (κ1) is 23.9. The largest absolute Gasteiger partial charge is 0.467 e. The van der Waals surface area contributed by atoms with E-state index in [1.165, 1.54) is 7.11 Å². The molecule has 0 heterocycles. The minimum absolute atomic E-state index is 0.0176. The topological polar surface area (TPSA) is 114 Å². The molecule has 0 radical (unpaired) electrons. The first-order valence-corrected chi connectivity index (χ1v) is 9.87. The number of hydrogen-bond donors (Lipinski definition) is 3. The molecule has 2 aromatic carbocycles. The smallest absolute Gasteiger partial charge is 0.408 e. The van der Waals surface area contributed by atoms with Crippen LogP contribution in [0.2, 0.25) is 0 Å².